The van der Waals surface area contributed by atoms with E-state index in [9.17, 15) is 26.4 Å². The van der Waals surface area contributed by atoms with E-state index in [1.807, 2.05) is 0 Å². The molecule has 0 unspecified atom stereocenters. The molecule has 44 heavy (non-hydrogen) atoms. The van der Waals surface area contributed by atoms with Crippen LogP contribution in [0.5, 0.6) is 0 Å². The lowest BCUT2D eigenvalue weighted by atomic mass is 10.2. The first-order valence-electron chi connectivity index (χ1n) is 13.4. The van der Waals surface area contributed by atoms with Crippen molar-refractivity contribution in [2.75, 3.05) is 20.9 Å². The van der Waals surface area contributed by atoms with Gasteiger partial charge in [-0.3, -0.25) is 18.6 Å². The van der Waals surface area contributed by atoms with Crippen molar-refractivity contribution in [2.24, 2.45) is 0 Å². The van der Waals surface area contributed by atoms with Crippen LogP contribution in [0.2, 0.25) is 5.02 Å². The number of nitrogens with one attached hydrogen (secondary N) is 2. The molecule has 0 fully saturated rings. The maximum atomic E-state index is 13.7. The average Bonchev–Trinajstić information content (AvgIpc) is 2.96. The third-order valence-corrected chi connectivity index (χ3v) is 9.30. The molecule has 13 heteroatoms. The summed E-state index contributed by atoms with van der Waals surface area (Å²) in [7, 11) is -7.99. The summed E-state index contributed by atoms with van der Waals surface area (Å²) < 4.78 is 61.1. The van der Waals surface area contributed by atoms with Crippen molar-refractivity contribution in [2.45, 2.75) is 30.6 Å². The lowest BCUT2D eigenvalue weighted by molar-refractivity contribution is -0.145. The number of ether oxygens (including phenoxy) is 1. The summed E-state index contributed by atoms with van der Waals surface area (Å²) in [6.07, 6.45) is -0.450. The Morgan fingerprint density at radius 2 is 1.50 bits per heavy atom. The SMILES string of the molecule is CC(C)OC(=O)CN(c1cccc(Cl)c1)S(=O)(=O)c1cccc(NC(=O)c2ccc(NS(=O)(=O)Cc3ccccc3)cc2)c1. The molecule has 0 saturated carbocycles. The molecule has 2 N–H and O–H groups in total. The predicted molar refractivity (Wildman–Crippen MR) is 171 cm³/mol. The summed E-state index contributed by atoms with van der Waals surface area (Å²) >= 11 is 6.10. The number of sulfonamides is 2. The highest BCUT2D eigenvalue weighted by Crippen LogP contribution is 2.28. The molecule has 10 nitrogen and oxygen atoms in total. The van der Waals surface area contributed by atoms with Gasteiger partial charge in [0.2, 0.25) is 10.0 Å². The van der Waals surface area contributed by atoms with Crippen LogP contribution in [0.4, 0.5) is 17.1 Å². The molecule has 0 spiro atoms. The highest BCUT2D eigenvalue weighted by atomic mass is 35.5. The van der Waals surface area contributed by atoms with Crippen LogP contribution in [0, 0.1) is 0 Å². The molecule has 0 aliphatic heterocycles. The molecule has 4 rings (SSSR count). The van der Waals surface area contributed by atoms with Crippen LogP contribution in [0.15, 0.2) is 108 Å². The Morgan fingerprint density at radius 3 is 2.16 bits per heavy atom. The summed E-state index contributed by atoms with van der Waals surface area (Å²) in [6.45, 7) is 2.71. The minimum atomic E-state index is -4.31. The standard InChI is InChI=1S/C31H30ClN3O7S2/c1-22(2)42-30(36)20-35(28-12-6-10-25(32)18-28)44(40,41)29-13-7-11-27(19-29)33-31(37)24-14-16-26(17-15-24)34-43(38,39)21-23-8-4-3-5-9-23/h3-19,22,34H,20-21H2,1-2H3,(H,33,37). The molecule has 0 aliphatic carbocycles. The highest BCUT2D eigenvalue weighted by molar-refractivity contribution is 7.93. The number of nitrogens with zero attached hydrogens (tertiary/aromatic N) is 1. The van der Waals surface area contributed by atoms with Gasteiger partial charge in [-0.2, -0.15) is 0 Å². The van der Waals surface area contributed by atoms with Gasteiger partial charge in [0.05, 0.1) is 22.4 Å². The van der Waals surface area contributed by atoms with Crippen LogP contribution in [0.3, 0.4) is 0 Å². The van der Waals surface area contributed by atoms with Crippen molar-refractivity contribution in [1.29, 1.82) is 0 Å². The van der Waals surface area contributed by atoms with Crippen LogP contribution in [-0.4, -0.2) is 41.4 Å². The number of anilines is 3. The van der Waals surface area contributed by atoms with Gasteiger partial charge in [0.15, 0.2) is 0 Å². The van der Waals surface area contributed by atoms with Crippen LogP contribution >= 0.6 is 11.6 Å². The number of amides is 1. The van der Waals surface area contributed by atoms with E-state index in [2.05, 4.69) is 10.0 Å². The molecule has 0 aromatic heterocycles. The Bertz CT molecular complexity index is 1850. The fourth-order valence-electron chi connectivity index (χ4n) is 4.13. The lowest BCUT2D eigenvalue weighted by Gasteiger charge is -2.24. The zero-order valence-electron chi connectivity index (χ0n) is 23.8. The summed E-state index contributed by atoms with van der Waals surface area (Å²) in [6, 6.07) is 26.1. The fourth-order valence-corrected chi connectivity index (χ4v) is 6.96. The Morgan fingerprint density at radius 1 is 0.818 bits per heavy atom. The number of benzene rings is 4. The van der Waals surface area contributed by atoms with E-state index in [-0.39, 0.29) is 38.3 Å². The third kappa shape index (κ3) is 8.82. The van der Waals surface area contributed by atoms with Crippen molar-refractivity contribution in [3.8, 4) is 0 Å². The van der Waals surface area contributed by atoms with Crippen molar-refractivity contribution < 1.29 is 31.2 Å². The number of carbonyl (C=O) groups excluding carboxylic acids is 2. The topological polar surface area (TPSA) is 139 Å². The molecule has 0 aliphatic rings. The number of esters is 1. The number of halogens is 1. The maximum absolute atomic E-state index is 13.7. The van der Waals surface area contributed by atoms with Crippen molar-refractivity contribution in [1.82, 2.24) is 0 Å². The zero-order valence-corrected chi connectivity index (χ0v) is 26.2. The smallest absolute Gasteiger partial charge is 0.327 e. The van der Waals surface area contributed by atoms with E-state index in [1.165, 1.54) is 60.7 Å². The maximum Gasteiger partial charge on any atom is 0.327 e. The van der Waals surface area contributed by atoms with Crippen LogP contribution in [0.1, 0.15) is 29.8 Å². The second-order valence-corrected chi connectivity index (χ2v) is 14.0. The molecular formula is C31H30ClN3O7S2. The molecule has 0 saturated heterocycles. The number of rotatable bonds is 12. The van der Waals surface area contributed by atoms with Gasteiger partial charge in [0, 0.05) is 22.0 Å². The normalized spacial score (nSPS) is 11.5. The molecular weight excluding hydrogens is 626 g/mol. The zero-order chi connectivity index (χ0) is 31.9. The first-order chi connectivity index (χ1) is 20.8. The monoisotopic (exact) mass is 655 g/mol. The first kappa shape index (κ1) is 32.5. The van der Waals surface area contributed by atoms with Gasteiger partial charge in [-0.25, -0.2) is 16.8 Å². The van der Waals surface area contributed by atoms with Crippen molar-refractivity contribution in [3.05, 3.63) is 119 Å². The van der Waals surface area contributed by atoms with Crippen molar-refractivity contribution in [3.63, 3.8) is 0 Å². The molecule has 230 valence electrons. The van der Waals surface area contributed by atoms with Crippen LogP contribution in [-0.2, 0) is 35.3 Å². The molecule has 4 aromatic carbocycles. The van der Waals surface area contributed by atoms with Gasteiger partial charge < -0.3 is 10.1 Å². The lowest BCUT2D eigenvalue weighted by Crippen LogP contribution is -2.37. The fraction of sp³-hybridized carbons (Fsp3) is 0.161. The molecule has 0 atom stereocenters. The second-order valence-electron chi connectivity index (χ2n) is 9.94. The third-order valence-electron chi connectivity index (χ3n) is 6.04. The Labute approximate surface area is 261 Å². The van der Waals surface area contributed by atoms with Gasteiger partial charge in [0.1, 0.15) is 6.54 Å². The minimum absolute atomic E-state index is 0.159. The van der Waals surface area contributed by atoms with E-state index in [0.717, 1.165) is 4.31 Å². The number of carbonyl (C=O) groups is 2. The van der Waals surface area contributed by atoms with E-state index in [1.54, 1.807) is 56.3 Å². The minimum Gasteiger partial charge on any atom is -0.462 e. The van der Waals surface area contributed by atoms with E-state index < -0.39 is 44.6 Å². The Balaban J connectivity index is 1.50. The highest BCUT2D eigenvalue weighted by Gasteiger charge is 2.29. The molecule has 0 radical (unpaired) electrons. The van der Waals surface area contributed by atoms with Crippen molar-refractivity contribution >= 4 is 60.6 Å². The molecule has 0 bridgehead atoms. The average molecular weight is 656 g/mol. The summed E-state index contributed by atoms with van der Waals surface area (Å²) in [5, 5.41) is 2.93. The first-order valence-corrected chi connectivity index (χ1v) is 16.8. The van der Waals surface area contributed by atoms with Gasteiger partial charge >= 0.3 is 5.97 Å². The van der Waals surface area contributed by atoms with E-state index in [4.69, 9.17) is 16.3 Å². The Kier molecular flexibility index (Phi) is 10.3. The Hall–Kier alpha value is -4.39. The molecule has 1 amide bonds. The predicted octanol–water partition coefficient (Wildman–Crippen LogP) is 5.68. The van der Waals surface area contributed by atoms with E-state index in [0.29, 0.717) is 5.56 Å². The van der Waals surface area contributed by atoms with Gasteiger partial charge in [-0.1, -0.05) is 54.1 Å². The number of hydrogen-bond acceptors (Lipinski definition) is 7. The molecule has 0 heterocycles. The van der Waals surface area contributed by atoms with Gasteiger partial charge in [-0.15, -0.1) is 0 Å². The second kappa shape index (κ2) is 13.9. The summed E-state index contributed by atoms with van der Waals surface area (Å²) in [5.74, 6) is -1.51. The number of hydrogen-bond donors (Lipinski definition) is 2. The largest absolute Gasteiger partial charge is 0.462 e. The summed E-state index contributed by atoms with van der Waals surface area (Å²) in [4.78, 5) is 25.3. The van der Waals surface area contributed by atoms with Gasteiger partial charge in [-0.05, 0) is 80.1 Å². The quantitative estimate of drug-likeness (QED) is 0.187. The van der Waals surface area contributed by atoms with Gasteiger partial charge in [0.25, 0.3) is 15.9 Å². The van der Waals surface area contributed by atoms with Crippen LogP contribution < -0.4 is 14.3 Å². The summed E-state index contributed by atoms with van der Waals surface area (Å²) in [5.41, 5.74) is 1.46. The molecule has 4 aromatic rings. The van der Waals surface area contributed by atoms with E-state index >= 15 is 0 Å². The van der Waals surface area contributed by atoms with Crippen LogP contribution in [0.25, 0.3) is 0 Å².